The van der Waals surface area contributed by atoms with Crippen LogP contribution in [-0.2, 0) is 6.42 Å². The summed E-state index contributed by atoms with van der Waals surface area (Å²) in [5.41, 5.74) is 2.54. The molecule has 0 aliphatic heterocycles. The number of thiophene rings is 1. The molecule has 0 saturated heterocycles. The molecule has 0 amide bonds. The Morgan fingerprint density at radius 2 is 1.88 bits per heavy atom. The molecule has 1 nitrogen and oxygen atoms in total. The van der Waals surface area contributed by atoms with Gasteiger partial charge in [0.15, 0.2) is 0 Å². The van der Waals surface area contributed by atoms with Crippen molar-refractivity contribution in [3.05, 3.63) is 40.8 Å². The maximum atomic E-state index is 5.48. The van der Waals surface area contributed by atoms with E-state index in [9.17, 15) is 0 Å². The molecule has 2 aromatic rings. The van der Waals surface area contributed by atoms with E-state index in [1.54, 1.807) is 7.11 Å². The van der Waals surface area contributed by atoms with Gasteiger partial charge in [0.2, 0.25) is 0 Å². The van der Waals surface area contributed by atoms with Crippen LogP contribution < -0.4 is 4.74 Å². The highest BCUT2D eigenvalue weighted by molar-refractivity contribution is 7.16. The summed E-state index contributed by atoms with van der Waals surface area (Å²) in [5.74, 6) is 1.06. The van der Waals surface area contributed by atoms with Crippen LogP contribution in [0.4, 0.5) is 0 Å². The molecule has 0 aliphatic rings. The van der Waals surface area contributed by atoms with E-state index in [4.69, 9.17) is 4.74 Å². The Morgan fingerprint density at radius 1 is 1.19 bits per heavy atom. The van der Waals surface area contributed by atoms with Crippen molar-refractivity contribution >= 4 is 11.3 Å². The molecule has 1 aromatic heterocycles. The van der Waals surface area contributed by atoms with Gasteiger partial charge < -0.3 is 4.74 Å². The Balaban J connectivity index is 2.54. The molecule has 2 heteroatoms. The van der Waals surface area contributed by atoms with Gasteiger partial charge in [-0.2, -0.15) is 0 Å². The summed E-state index contributed by atoms with van der Waals surface area (Å²) in [4.78, 5) is 2.66. The maximum Gasteiger partial charge on any atom is 0.136 e. The fourth-order valence-electron chi connectivity index (χ4n) is 1.92. The molecule has 84 valence electrons. The van der Waals surface area contributed by atoms with E-state index in [1.165, 1.54) is 20.9 Å². The third-order valence-corrected chi connectivity index (χ3v) is 4.19. The summed E-state index contributed by atoms with van der Waals surface area (Å²) >= 11 is 1.84. The second kappa shape index (κ2) is 4.71. The van der Waals surface area contributed by atoms with Crippen LogP contribution >= 0.6 is 11.3 Å². The molecule has 0 N–H and O–H groups in total. The van der Waals surface area contributed by atoms with Crippen molar-refractivity contribution in [2.45, 2.75) is 20.3 Å². The SMILES string of the molecule is CCc1sc(-c2ccccc2)c(C)c1OC. The minimum atomic E-state index is 1.03. The second-order valence-corrected chi connectivity index (χ2v) is 4.84. The average Bonchev–Trinajstić information content (AvgIpc) is 2.66. The van der Waals surface area contributed by atoms with E-state index < -0.39 is 0 Å². The minimum Gasteiger partial charge on any atom is -0.495 e. The fraction of sp³-hybridized carbons (Fsp3) is 0.286. The molecule has 0 atom stereocenters. The Hall–Kier alpha value is -1.28. The Kier molecular flexibility index (Phi) is 3.30. The van der Waals surface area contributed by atoms with Crippen LogP contribution in [0.2, 0.25) is 0 Å². The summed E-state index contributed by atoms with van der Waals surface area (Å²) in [6.07, 6.45) is 1.03. The van der Waals surface area contributed by atoms with Crippen LogP contribution in [0.25, 0.3) is 10.4 Å². The molecule has 1 heterocycles. The molecular weight excluding hydrogens is 216 g/mol. The first-order valence-corrected chi connectivity index (χ1v) is 6.31. The van der Waals surface area contributed by atoms with Crippen LogP contribution in [0, 0.1) is 6.92 Å². The number of methoxy groups -OCH3 is 1. The van der Waals surface area contributed by atoms with Crippen LogP contribution in [0.15, 0.2) is 30.3 Å². The third kappa shape index (κ3) is 1.85. The lowest BCUT2D eigenvalue weighted by Crippen LogP contribution is -1.86. The highest BCUT2D eigenvalue weighted by atomic mass is 32.1. The molecule has 0 spiro atoms. The lowest BCUT2D eigenvalue weighted by Gasteiger charge is -2.02. The minimum absolute atomic E-state index is 1.03. The second-order valence-electron chi connectivity index (χ2n) is 3.73. The summed E-state index contributed by atoms with van der Waals surface area (Å²) in [6, 6.07) is 10.5. The van der Waals surface area contributed by atoms with E-state index in [2.05, 4.69) is 38.1 Å². The van der Waals surface area contributed by atoms with Gasteiger partial charge >= 0.3 is 0 Å². The zero-order valence-electron chi connectivity index (χ0n) is 9.91. The topological polar surface area (TPSA) is 9.23 Å². The highest BCUT2D eigenvalue weighted by Crippen LogP contribution is 2.41. The first-order chi connectivity index (χ1) is 7.77. The van der Waals surface area contributed by atoms with E-state index in [0.717, 1.165) is 12.2 Å². The maximum absolute atomic E-state index is 5.48. The molecule has 0 unspecified atom stereocenters. The number of hydrogen-bond acceptors (Lipinski definition) is 2. The Labute approximate surface area is 101 Å². The van der Waals surface area contributed by atoms with Crippen molar-refractivity contribution < 1.29 is 4.74 Å². The predicted molar refractivity (Wildman–Crippen MR) is 70.4 cm³/mol. The van der Waals surface area contributed by atoms with Gasteiger partial charge in [-0.3, -0.25) is 0 Å². The van der Waals surface area contributed by atoms with Crippen molar-refractivity contribution in [3.8, 4) is 16.2 Å². The van der Waals surface area contributed by atoms with Crippen molar-refractivity contribution in [3.63, 3.8) is 0 Å². The highest BCUT2D eigenvalue weighted by Gasteiger charge is 2.15. The molecule has 2 rings (SSSR count). The van der Waals surface area contributed by atoms with E-state index >= 15 is 0 Å². The molecule has 0 saturated carbocycles. The standard InChI is InChI=1S/C14H16OS/c1-4-12-13(15-3)10(2)14(16-12)11-8-6-5-7-9-11/h5-9H,4H2,1-3H3. The van der Waals surface area contributed by atoms with Crippen molar-refractivity contribution in [2.75, 3.05) is 7.11 Å². The van der Waals surface area contributed by atoms with Gasteiger partial charge in [0.1, 0.15) is 5.75 Å². The number of ether oxygens (including phenoxy) is 1. The van der Waals surface area contributed by atoms with Gasteiger partial charge in [0, 0.05) is 15.3 Å². The van der Waals surface area contributed by atoms with Gasteiger partial charge in [0.25, 0.3) is 0 Å². The Bertz CT molecular complexity index is 471. The van der Waals surface area contributed by atoms with Gasteiger partial charge in [-0.05, 0) is 18.9 Å². The largest absolute Gasteiger partial charge is 0.495 e. The molecule has 16 heavy (non-hydrogen) atoms. The number of aryl methyl sites for hydroxylation is 1. The van der Waals surface area contributed by atoms with Crippen molar-refractivity contribution in [1.82, 2.24) is 0 Å². The van der Waals surface area contributed by atoms with Gasteiger partial charge in [-0.15, -0.1) is 11.3 Å². The first-order valence-electron chi connectivity index (χ1n) is 5.49. The lowest BCUT2D eigenvalue weighted by molar-refractivity contribution is 0.410. The summed E-state index contributed by atoms with van der Waals surface area (Å²) in [5, 5.41) is 0. The van der Waals surface area contributed by atoms with Gasteiger partial charge in [0.05, 0.1) is 7.11 Å². The normalized spacial score (nSPS) is 10.4. The van der Waals surface area contributed by atoms with Crippen molar-refractivity contribution in [2.24, 2.45) is 0 Å². The fourth-order valence-corrected chi connectivity index (χ4v) is 3.14. The zero-order valence-corrected chi connectivity index (χ0v) is 10.7. The van der Waals surface area contributed by atoms with Crippen LogP contribution in [0.1, 0.15) is 17.4 Å². The first kappa shape index (κ1) is 11.2. The molecule has 0 radical (unpaired) electrons. The molecule has 0 aliphatic carbocycles. The Morgan fingerprint density at radius 3 is 2.38 bits per heavy atom. The average molecular weight is 232 g/mol. The summed E-state index contributed by atoms with van der Waals surface area (Å²) in [7, 11) is 1.75. The molecule has 0 bridgehead atoms. The quantitative estimate of drug-likeness (QED) is 0.767. The third-order valence-electron chi connectivity index (χ3n) is 2.72. The monoisotopic (exact) mass is 232 g/mol. The smallest absolute Gasteiger partial charge is 0.136 e. The van der Waals surface area contributed by atoms with Crippen LogP contribution in [-0.4, -0.2) is 7.11 Å². The number of hydrogen-bond donors (Lipinski definition) is 0. The lowest BCUT2D eigenvalue weighted by atomic mass is 10.1. The van der Waals surface area contributed by atoms with E-state index in [-0.39, 0.29) is 0 Å². The van der Waals surface area contributed by atoms with Crippen LogP contribution in [0.3, 0.4) is 0 Å². The molecule has 1 aromatic carbocycles. The summed E-state index contributed by atoms with van der Waals surface area (Å²) < 4.78 is 5.48. The number of benzene rings is 1. The zero-order chi connectivity index (χ0) is 11.5. The van der Waals surface area contributed by atoms with Gasteiger partial charge in [-0.25, -0.2) is 0 Å². The molecular formula is C14H16OS. The van der Waals surface area contributed by atoms with Crippen molar-refractivity contribution in [1.29, 1.82) is 0 Å². The number of rotatable bonds is 3. The summed E-state index contributed by atoms with van der Waals surface area (Å²) in [6.45, 7) is 4.30. The van der Waals surface area contributed by atoms with Gasteiger partial charge in [-0.1, -0.05) is 37.3 Å². The van der Waals surface area contributed by atoms with E-state index in [0.29, 0.717) is 0 Å². The van der Waals surface area contributed by atoms with Crippen LogP contribution in [0.5, 0.6) is 5.75 Å². The predicted octanol–water partition coefficient (Wildman–Crippen LogP) is 4.29. The van der Waals surface area contributed by atoms with E-state index in [1.807, 2.05) is 17.4 Å². The molecule has 0 fully saturated rings.